The van der Waals surface area contributed by atoms with E-state index in [1.54, 1.807) is 6.07 Å². The summed E-state index contributed by atoms with van der Waals surface area (Å²) in [6.45, 7) is 2.69. The van der Waals surface area contributed by atoms with E-state index >= 15 is 0 Å². The van der Waals surface area contributed by atoms with Crippen LogP contribution in [0.3, 0.4) is 0 Å². The molecule has 1 aromatic carbocycles. The van der Waals surface area contributed by atoms with Crippen molar-refractivity contribution < 1.29 is 13.9 Å². The van der Waals surface area contributed by atoms with Crippen LogP contribution in [0.25, 0.3) is 0 Å². The van der Waals surface area contributed by atoms with Crippen LogP contribution < -0.4 is 4.90 Å². The lowest BCUT2D eigenvalue weighted by molar-refractivity contribution is 0.122. The third kappa shape index (κ3) is 2.45. The maximum absolute atomic E-state index is 13.3. The monoisotopic (exact) mass is 222 g/mol. The van der Waals surface area contributed by atoms with Gasteiger partial charge >= 0.3 is 0 Å². The summed E-state index contributed by atoms with van der Waals surface area (Å²) in [6, 6.07) is 4.29. The second-order valence-electron chi connectivity index (χ2n) is 3.47. The first-order valence-electron chi connectivity index (χ1n) is 5.01. The molecular weight excluding hydrogens is 211 g/mol. The zero-order valence-corrected chi connectivity index (χ0v) is 8.65. The van der Waals surface area contributed by atoms with Crippen LogP contribution in [-0.2, 0) is 9.53 Å². The average Bonchev–Trinajstić information content (AvgIpc) is 2.30. The molecule has 5 heteroatoms. The molecule has 0 spiro atoms. The summed E-state index contributed by atoms with van der Waals surface area (Å²) in [5.41, 5.74) is 1.01. The van der Waals surface area contributed by atoms with Crippen molar-refractivity contribution in [1.82, 2.24) is 0 Å². The summed E-state index contributed by atoms with van der Waals surface area (Å²) in [7, 11) is 0. The predicted octanol–water partition coefficient (Wildman–Crippen LogP) is 1.63. The predicted molar refractivity (Wildman–Crippen MR) is 57.2 cm³/mol. The molecule has 0 saturated carbocycles. The van der Waals surface area contributed by atoms with Gasteiger partial charge in [-0.15, -0.1) is 0 Å². The number of hydrogen-bond donors (Lipinski definition) is 0. The highest BCUT2D eigenvalue weighted by Crippen LogP contribution is 2.24. The van der Waals surface area contributed by atoms with Crippen molar-refractivity contribution in [2.45, 2.75) is 0 Å². The molecule has 1 heterocycles. The lowest BCUT2D eigenvalue weighted by atomic mass is 10.2. The second-order valence-corrected chi connectivity index (χ2v) is 3.47. The van der Waals surface area contributed by atoms with Crippen molar-refractivity contribution in [2.24, 2.45) is 4.99 Å². The van der Waals surface area contributed by atoms with Crippen molar-refractivity contribution in [3.63, 3.8) is 0 Å². The fourth-order valence-corrected chi connectivity index (χ4v) is 1.68. The fourth-order valence-electron chi connectivity index (χ4n) is 1.68. The fraction of sp³-hybridized carbons (Fsp3) is 0.364. The minimum absolute atomic E-state index is 0.288. The Labute approximate surface area is 92.3 Å². The van der Waals surface area contributed by atoms with Gasteiger partial charge in [-0.1, -0.05) is 0 Å². The largest absolute Gasteiger partial charge is 0.378 e. The van der Waals surface area contributed by atoms with Crippen LogP contribution in [0.5, 0.6) is 0 Å². The van der Waals surface area contributed by atoms with Crippen LogP contribution in [0, 0.1) is 5.82 Å². The first-order chi connectivity index (χ1) is 7.79. The molecule has 0 radical (unpaired) electrons. The number of isocyanates is 1. The molecule has 4 nitrogen and oxygen atoms in total. The summed E-state index contributed by atoms with van der Waals surface area (Å²) in [4.78, 5) is 15.5. The Morgan fingerprint density at radius 1 is 1.31 bits per heavy atom. The Bertz CT molecular complexity index is 424. The van der Waals surface area contributed by atoms with Crippen molar-refractivity contribution in [3.05, 3.63) is 24.0 Å². The number of aliphatic imine (C=N–C) groups is 1. The number of benzene rings is 1. The summed E-state index contributed by atoms with van der Waals surface area (Å²) in [5.74, 6) is -0.405. The SMILES string of the molecule is O=C=Nc1cc(F)cc(N2CCOCC2)c1. The van der Waals surface area contributed by atoms with Crippen LogP contribution in [0.2, 0.25) is 0 Å². The topological polar surface area (TPSA) is 41.9 Å². The first kappa shape index (κ1) is 10.8. The Kier molecular flexibility index (Phi) is 3.29. The van der Waals surface area contributed by atoms with Gasteiger partial charge < -0.3 is 9.64 Å². The smallest absolute Gasteiger partial charge is 0.240 e. The van der Waals surface area contributed by atoms with E-state index in [0.717, 1.165) is 5.69 Å². The Hall–Kier alpha value is -1.71. The normalized spacial score (nSPS) is 15.7. The molecule has 1 aromatic rings. The van der Waals surface area contributed by atoms with Gasteiger partial charge in [0.15, 0.2) is 0 Å². The van der Waals surface area contributed by atoms with E-state index in [0.29, 0.717) is 26.3 Å². The Balaban J connectivity index is 2.28. The van der Waals surface area contributed by atoms with Gasteiger partial charge in [0.05, 0.1) is 18.9 Å². The minimum Gasteiger partial charge on any atom is -0.378 e. The van der Waals surface area contributed by atoms with E-state index in [1.165, 1.54) is 18.2 Å². The average molecular weight is 222 g/mol. The third-order valence-corrected chi connectivity index (χ3v) is 2.42. The molecule has 1 aliphatic rings. The maximum Gasteiger partial charge on any atom is 0.240 e. The molecule has 0 unspecified atom stereocenters. The van der Waals surface area contributed by atoms with Crippen LogP contribution in [0.1, 0.15) is 0 Å². The minimum atomic E-state index is -0.405. The van der Waals surface area contributed by atoms with Gasteiger partial charge in [0, 0.05) is 24.8 Å². The highest BCUT2D eigenvalue weighted by molar-refractivity contribution is 5.59. The molecule has 2 rings (SSSR count). The van der Waals surface area contributed by atoms with E-state index in [9.17, 15) is 9.18 Å². The molecule has 16 heavy (non-hydrogen) atoms. The molecule has 0 atom stereocenters. The number of halogens is 1. The number of morpholine rings is 1. The molecule has 1 aliphatic heterocycles. The van der Waals surface area contributed by atoms with E-state index in [2.05, 4.69) is 4.99 Å². The van der Waals surface area contributed by atoms with Gasteiger partial charge in [-0.3, -0.25) is 0 Å². The van der Waals surface area contributed by atoms with E-state index in [1.807, 2.05) is 4.90 Å². The third-order valence-electron chi connectivity index (χ3n) is 2.42. The zero-order valence-electron chi connectivity index (χ0n) is 8.65. The van der Waals surface area contributed by atoms with E-state index < -0.39 is 5.82 Å². The van der Waals surface area contributed by atoms with E-state index in [4.69, 9.17) is 4.74 Å². The zero-order chi connectivity index (χ0) is 11.4. The number of ether oxygens (including phenoxy) is 1. The van der Waals surface area contributed by atoms with Crippen LogP contribution in [0.4, 0.5) is 15.8 Å². The van der Waals surface area contributed by atoms with Gasteiger partial charge in [-0.05, 0) is 12.1 Å². The summed E-state index contributed by atoms with van der Waals surface area (Å²) >= 11 is 0. The van der Waals surface area contributed by atoms with Crippen molar-refractivity contribution in [1.29, 1.82) is 0 Å². The van der Waals surface area contributed by atoms with E-state index in [-0.39, 0.29) is 5.69 Å². The van der Waals surface area contributed by atoms with Crippen molar-refractivity contribution in [3.8, 4) is 0 Å². The number of carbonyl (C=O) groups excluding carboxylic acids is 1. The van der Waals surface area contributed by atoms with Crippen molar-refractivity contribution in [2.75, 3.05) is 31.2 Å². The molecule has 0 amide bonds. The standard InChI is InChI=1S/C11H11FN2O2/c12-9-5-10(13-8-15)7-11(6-9)14-1-3-16-4-2-14/h5-7H,1-4H2. The molecule has 0 N–H and O–H groups in total. The molecule has 0 aromatic heterocycles. The van der Waals surface area contributed by atoms with Gasteiger partial charge in [0.2, 0.25) is 6.08 Å². The lowest BCUT2D eigenvalue weighted by Crippen LogP contribution is -2.36. The number of nitrogens with zero attached hydrogens (tertiary/aromatic N) is 2. The van der Waals surface area contributed by atoms with Crippen LogP contribution in [-0.4, -0.2) is 32.4 Å². The Morgan fingerprint density at radius 2 is 2.06 bits per heavy atom. The molecule has 1 saturated heterocycles. The second kappa shape index (κ2) is 4.88. The van der Waals surface area contributed by atoms with Gasteiger partial charge in [-0.25, -0.2) is 9.18 Å². The number of anilines is 1. The highest BCUT2D eigenvalue weighted by Gasteiger charge is 2.12. The molecular formula is C11H11FN2O2. The summed E-state index contributed by atoms with van der Waals surface area (Å²) in [5, 5.41) is 0. The number of hydrogen-bond acceptors (Lipinski definition) is 4. The van der Waals surface area contributed by atoms with Gasteiger partial charge in [0.1, 0.15) is 5.82 Å². The van der Waals surface area contributed by atoms with Gasteiger partial charge in [-0.2, -0.15) is 4.99 Å². The summed E-state index contributed by atoms with van der Waals surface area (Å²) < 4.78 is 18.5. The molecule has 0 aliphatic carbocycles. The van der Waals surface area contributed by atoms with Crippen molar-refractivity contribution >= 4 is 17.5 Å². The lowest BCUT2D eigenvalue weighted by Gasteiger charge is -2.28. The molecule has 0 bridgehead atoms. The quantitative estimate of drug-likeness (QED) is 0.564. The summed E-state index contributed by atoms with van der Waals surface area (Å²) in [6.07, 6.45) is 1.41. The maximum atomic E-state index is 13.3. The Morgan fingerprint density at radius 3 is 2.75 bits per heavy atom. The van der Waals surface area contributed by atoms with Gasteiger partial charge in [0.25, 0.3) is 0 Å². The highest BCUT2D eigenvalue weighted by atomic mass is 19.1. The molecule has 1 fully saturated rings. The molecule has 84 valence electrons. The van der Waals surface area contributed by atoms with Crippen LogP contribution in [0.15, 0.2) is 23.2 Å². The number of rotatable bonds is 2. The first-order valence-corrected chi connectivity index (χ1v) is 5.01. The van der Waals surface area contributed by atoms with Crippen LogP contribution >= 0.6 is 0 Å².